The first-order chi connectivity index (χ1) is 11.3. The Bertz CT molecular complexity index is 799. The Morgan fingerprint density at radius 1 is 1.13 bits per heavy atom. The van der Waals surface area contributed by atoms with Crippen LogP contribution in [-0.2, 0) is 13.1 Å². The van der Waals surface area contributed by atoms with Gasteiger partial charge >= 0.3 is 0 Å². The predicted octanol–water partition coefficient (Wildman–Crippen LogP) is 2.83. The Labute approximate surface area is 135 Å². The summed E-state index contributed by atoms with van der Waals surface area (Å²) in [6.45, 7) is 1.45. The van der Waals surface area contributed by atoms with Crippen LogP contribution < -0.4 is 4.90 Å². The average molecular weight is 303 g/mol. The van der Waals surface area contributed by atoms with E-state index >= 15 is 0 Å². The van der Waals surface area contributed by atoms with E-state index in [1.165, 1.54) is 5.56 Å². The summed E-state index contributed by atoms with van der Waals surface area (Å²) in [6.07, 6.45) is 5.39. The first kappa shape index (κ1) is 14.8. The molecule has 1 aromatic carbocycles. The topological polar surface area (TPSA) is 57.7 Å². The molecule has 0 aliphatic carbocycles. The third kappa shape index (κ3) is 3.55. The molecule has 5 heteroatoms. The Kier molecular flexibility index (Phi) is 4.34. The lowest BCUT2D eigenvalue weighted by molar-refractivity contribution is 0.704. The smallest absolute Gasteiger partial charge is 0.128 e. The van der Waals surface area contributed by atoms with Crippen LogP contribution in [-0.4, -0.2) is 21.6 Å². The van der Waals surface area contributed by atoms with Crippen molar-refractivity contribution in [2.75, 3.05) is 11.9 Å². The maximum atomic E-state index is 8.83. The van der Waals surface area contributed by atoms with Crippen molar-refractivity contribution in [1.82, 2.24) is 14.5 Å². The van der Waals surface area contributed by atoms with Crippen molar-refractivity contribution in [3.63, 3.8) is 0 Å². The molecule has 3 aromatic rings. The molecule has 5 nitrogen and oxygen atoms in total. The van der Waals surface area contributed by atoms with Crippen molar-refractivity contribution < 1.29 is 0 Å². The lowest BCUT2D eigenvalue weighted by Gasteiger charge is -2.18. The highest BCUT2D eigenvalue weighted by Crippen LogP contribution is 2.13. The lowest BCUT2D eigenvalue weighted by atomic mass is 10.2. The van der Waals surface area contributed by atoms with Crippen LogP contribution in [0.1, 0.15) is 17.0 Å². The second-order valence-electron chi connectivity index (χ2n) is 5.33. The Morgan fingerprint density at radius 2 is 1.96 bits per heavy atom. The van der Waals surface area contributed by atoms with Crippen LogP contribution in [0.2, 0.25) is 0 Å². The molecule has 0 spiro atoms. The number of rotatable bonds is 5. The standard InChI is InChI=1S/C18H17N5/c1-22(17-8-7-16(11-19)12-21-17)14-18-20-9-10-23(18)13-15-5-3-2-4-6-15/h2-10,12H,13-14H2,1H3. The molecule has 0 atom stereocenters. The van der Waals surface area contributed by atoms with Gasteiger partial charge in [-0.15, -0.1) is 0 Å². The third-order valence-electron chi connectivity index (χ3n) is 3.64. The van der Waals surface area contributed by atoms with Gasteiger partial charge in [-0.05, 0) is 17.7 Å². The van der Waals surface area contributed by atoms with E-state index in [2.05, 4.69) is 32.7 Å². The van der Waals surface area contributed by atoms with E-state index in [9.17, 15) is 0 Å². The summed E-state index contributed by atoms with van der Waals surface area (Å²) in [4.78, 5) is 10.8. The van der Waals surface area contributed by atoms with Crippen LogP contribution in [0.25, 0.3) is 0 Å². The zero-order valence-corrected chi connectivity index (χ0v) is 12.9. The molecule has 0 saturated heterocycles. The van der Waals surface area contributed by atoms with Crippen molar-refractivity contribution >= 4 is 5.82 Å². The average Bonchev–Trinajstić information content (AvgIpc) is 3.02. The van der Waals surface area contributed by atoms with E-state index in [0.29, 0.717) is 12.1 Å². The number of nitriles is 1. The summed E-state index contributed by atoms with van der Waals surface area (Å²) >= 11 is 0. The molecule has 0 radical (unpaired) electrons. The van der Waals surface area contributed by atoms with E-state index in [1.54, 1.807) is 12.3 Å². The SMILES string of the molecule is CN(Cc1nccn1Cc1ccccc1)c1ccc(C#N)cn1. The molecule has 114 valence electrons. The van der Waals surface area contributed by atoms with Crippen LogP contribution in [0.15, 0.2) is 61.1 Å². The summed E-state index contributed by atoms with van der Waals surface area (Å²) in [5.74, 6) is 1.79. The second-order valence-corrected chi connectivity index (χ2v) is 5.33. The van der Waals surface area contributed by atoms with Crippen LogP contribution in [0.5, 0.6) is 0 Å². The third-order valence-corrected chi connectivity index (χ3v) is 3.64. The highest BCUT2D eigenvalue weighted by atomic mass is 15.2. The molecule has 0 unspecified atom stereocenters. The van der Waals surface area contributed by atoms with Crippen molar-refractivity contribution in [2.24, 2.45) is 0 Å². The van der Waals surface area contributed by atoms with E-state index < -0.39 is 0 Å². The molecule has 3 rings (SSSR count). The summed E-state index contributed by atoms with van der Waals surface area (Å²) in [5.41, 5.74) is 1.80. The number of imidazole rings is 1. The number of benzene rings is 1. The number of anilines is 1. The highest BCUT2D eigenvalue weighted by molar-refractivity contribution is 5.41. The summed E-state index contributed by atoms with van der Waals surface area (Å²) < 4.78 is 2.13. The molecule has 0 saturated carbocycles. The van der Waals surface area contributed by atoms with E-state index in [1.807, 2.05) is 48.6 Å². The van der Waals surface area contributed by atoms with E-state index in [4.69, 9.17) is 5.26 Å². The second kappa shape index (κ2) is 6.75. The zero-order chi connectivity index (χ0) is 16.1. The maximum absolute atomic E-state index is 8.83. The monoisotopic (exact) mass is 303 g/mol. The van der Waals surface area contributed by atoms with Gasteiger partial charge < -0.3 is 9.47 Å². The molecular formula is C18H17N5. The first-order valence-electron chi connectivity index (χ1n) is 7.37. The molecular weight excluding hydrogens is 286 g/mol. The molecule has 0 N–H and O–H groups in total. The van der Waals surface area contributed by atoms with Gasteiger partial charge in [0.2, 0.25) is 0 Å². The fraction of sp³-hybridized carbons (Fsp3) is 0.167. The largest absolute Gasteiger partial charge is 0.352 e. The Morgan fingerprint density at radius 3 is 2.65 bits per heavy atom. The van der Waals surface area contributed by atoms with Gasteiger partial charge in [-0.3, -0.25) is 0 Å². The molecule has 0 amide bonds. The van der Waals surface area contributed by atoms with Gasteiger partial charge in [0.05, 0.1) is 12.1 Å². The predicted molar refractivity (Wildman–Crippen MR) is 88.8 cm³/mol. The lowest BCUT2D eigenvalue weighted by Crippen LogP contribution is -2.20. The fourth-order valence-electron chi connectivity index (χ4n) is 2.39. The van der Waals surface area contributed by atoms with E-state index in [-0.39, 0.29) is 0 Å². The van der Waals surface area contributed by atoms with Crippen molar-refractivity contribution in [2.45, 2.75) is 13.1 Å². The van der Waals surface area contributed by atoms with Crippen LogP contribution in [0.3, 0.4) is 0 Å². The number of nitrogens with zero attached hydrogens (tertiary/aromatic N) is 5. The summed E-state index contributed by atoms with van der Waals surface area (Å²) in [6, 6.07) is 16.0. The molecule has 0 bridgehead atoms. The number of pyridine rings is 1. The van der Waals surface area contributed by atoms with Gasteiger partial charge in [-0.1, -0.05) is 30.3 Å². The number of hydrogen-bond acceptors (Lipinski definition) is 4. The zero-order valence-electron chi connectivity index (χ0n) is 12.9. The van der Waals surface area contributed by atoms with Gasteiger partial charge in [0.15, 0.2) is 0 Å². The molecule has 0 fully saturated rings. The van der Waals surface area contributed by atoms with E-state index in [0.717, 1.165) is 18.2 Å². The summed E-state index contributed by atoms with van der Waals surface area (Å²) in [5, 5.41) is 8.83. The minimum absolute atomic E-state index is 0.563. The van der Waals surface area contributed by atoms with Crippen LogP contribution in [0, 0.1) is 11.3 Å². The minimum Gasteiger partial charge on any atom is -0.352 e. The van der Waals surface area contributed by atoms with Gasteiger partial charge in [0.25, 0.3) is 0 Å². The van der Waals surface area contributed by atoms with Gasteiger partial charge in [-0.25, -0.2) is 9.97 Å². The highest BCUT2D eigenvalue weighted by Gasteiger charge is 2.09. The normalized spacial score (nSPS) is 10.3. The van der Waals surface area contributed by atoms with Gasteiger partial charge in [0.1, 0.15) is 17.7 Å². The molecule has 0 aliphatic heterocycles. The Hall–Kier alpha value is -3.13. The molecule has 23 heavy (non-hydrogen) atoms. The van der Waals surface area contributed by atoms with Crippen molar-refractivity contribution in [3.05, 3.63) is 78.0 Å². The van der Waals surface area contributed by atoms with Crippen LogP contribution >= 0.6 is 0 Å². The minimum atomic E-state index is 0.563. The Balaban J connectivity index is 1.73. The quantitative estimate of drug-likeness (QED) is 0.727. The molecule has 0 aliphatic rings. The molecule has 2 aromatic heterocycles. The summed E-state index contributed by atoms with van der Waals surface area (Å²) in [7, 11) is 1.97. The van der Waals surface area contributed by atoms with Gasteiger partial charge in [0, 0.05) is 32.2 Å². The van der Waals surface area contributed by atoms with Crippen molar-refractivity contribution in [1.29, 1.82) is 5.26 Å². The fourth-order valence-corrected chi connectivity index (χ4v) is 2.39. The number of hydrogen-bond donors (Lipinski definition) is 0. The number of aromatic nitrogens is 3. The molecule has 2 heterocycles. The van der Waals surface area contributed by atoms with Gasteiger partial charge in [-0.2, -0.15) is 5.26 Å². The van der Waals surface area contributed by atoms with Crippen molar-refractivity contribution in [3.8, 4) is 6.07 Å². The maximum Gasteiger partial charge on any atom is 0.128 e. The van der Waals surface area contributed by atoms with Crippen LogP contribution in [0.4, 0.5) is 5.82 Å². The first-order valence-corrected chi connectivity index (χ1v) is 7.37.